The summed E-state index contributed by atoms with van der Waals surface area (Å²) in [6.45, 7) is 0. The minimum absolute atomic E-state index is 0.0577. The summed E-state index contributed by atoms with van der Waals surface area (Å²) in [6.07, 6.45) is 0. The summed E-state index contributed by atoms with van der Waals surface area (Å²) >= 11 is 17.3. The number of nitrogens with one attached hydrogen (secondary N) is 2. The molecular formula is C8H3Cl3N2O2. The first-order chi connectivity index (χ1) is 7.00. The molecule has 0 spiro atoms. The first-order valence-electron chi connectivity index (χ1n) is 3.80. The lowest BCUT2D eigenvalue weighted by Gasteiger charge is -2.03. The Morgan fingerprint density at radius 2 is 1.67 bits per heavy atom. The van der Waals surface area contributed by atoms with Gasteiger partial charge in [-0.3, -0.25) is 9.78 Å². The molecule has 0 atom stereocenters. The molecule has 0 saturated carbocycles. The largest absolute Gasteiger partial charge is 0.326 e. The predicted molar refractivity (Wildman–Crippen MR) is 60.2 cm³/mol. The third kappa shape index (κ3) is 1.65. The van der Waals surface area contributed by atoms with Crippen LogP contribution in [-0.4, -0.2) is 9.97 Å². The Bertz CT molecular complexity index is 659. The molecule has 0 amide bonds. The van der Waals surface area contributed by atoms with Crippen molar-refractivity contribution in [3.63, 3.8) is 0 Å². The fourth-order valence-electron chi connectivity index (χ4n) is 1.21. The van der Waals surface area contributed by atoms with Crippen LogP contribution < -0.4 is 11.2 Å². The Morgan fingerprint density at radius 1 is 1.00 bits per heavy atom. The van der Waals surface area contributed by atoms with Crippen LogP contribution in [0.3, 0.4) is 0 Å². The number of rotatable bonds is 0. The number of H-pyrrole nitrogens is 2. The molecule has 2 N–H and O–H groups in total. The zero-order valence-electron chi connectivity index (χ0n) is 7.03. The average molecular weight is 265 g/mol. The molecule has 78 valence electrons. The summed E-state index contributed by atoms with van der Waals surface area (Å²) in [7, 11) is 0. The zero-order valence-corrected chi connectivity index (χ0v) is 9.30. The van der Waals surface area contributed by atoms with Crippen molar-refractivity contribution in [1.29, 1.82) is 0 Å². The summed E-state index contributed by atoms with van der Waals surface area (Å²) in [5.74, 6) is 0. The third-order valence-electron chi connectivity index (χ3n) is 1.87. The second-order valence-corrected chi connectivity index (χ2v) is 3.98. The van der Waals surface area contributed by atoms with Gasteiger partial charge in [-0.25, -0.2) is 4.79 Å². The second-order valence-electron chi connectivity index (χ2n) is 2.82. The van der Waals surface area contributed by atoms with E-state index in [-0.39, 0.29) is 26.0 Å². The molecule has 1 aromatic carbocycles. The van der Waals surface area contributed by atoms with E-state index in [0.717, 1.165) is 0 Å². The average Bonchev–Trinajstić information content (AvgIpc) is 2.17. The third-order valence-corrected chi connectivity index (χ3v) is 3.13. The van der Waals surface area contributed by atoms with E-state index >= 15 is 0 Å². The smallest absolute Gasteiger partial charge is 0.305 e. The van der Waals surface area contributed by atoms with Gasteiger partial charge in [0.25, 0.3) is 5.56 Å². The first kappa shape index (κ1) is 10.5. The van der Waals surface area contributed by atoms with E-state index in [1.54, 1.807) is 0 Å². The highest BCUT2D eigenvalue weighted by Gasteiger charge is 2.11. The molecule has 0 aliphatic rings. The summed E-state index contributed by atoms with van der Waals surface area (Å²) < 4.78 is 0. The SMILES string of the molecule is O=c1[nH]c(=O)c2cc(Cl)c(Cl)c(Cl)c2[nH]1. The van der Waals surface area contributed by atoms with Crippen molar-refractivity contribution in [2.24, 2.45) is 0 Å². The minimum atomic E-state index is -0.646. The number of aromatic nitrogens is 2. The van der Waals surface area contributed by atoms with Crippen LogP contribution >= 0.6 is 34.8 Å². The van der Waals surface area contributed by atoms with Crippen molar-refractivity contribution < 1.29 is 0 Å². The molecule has 15 heavy (non-hydrogen) atoms. The Morgan fingerprint density at radius 3 is 2.33 bits per heavy atom. The van der Waals surface area contributed by atoms with Gasteiger partial charge < -0.3 is 4.98 Å². The number of fused-ring (bicyclic) bond motifs is 1. The topological polar surface area (TPSA) is 65.7 Å². The number of hydrogen-bond acceptors (Lipinski definition) is 2. The summed E-state index contributed by atoms with van der Waals surface area (Å²) in [4.78, 5) is 26.8. The fourth-order valence-corrected chi connectivity index (χ4v) is 1.86. The van der Waals surface area contributed by atoms with Crippen molar-refractivity contribution in [2.45, 2.75) is 0 Å². The lowest BCUT2D eigenvalue weighted by Crippen LogP contribution is -2.22. The Balaban J connectivity index is 3.12. The molecule has 0 radical (unpaired) electrons. The summed E-state index contributed by atoms with van der Waals surface area (Å²) in [5.41, 5.74) is -1.03. The van der Waals surface area contributed by atoms with Gasteiger partial charge >= 0.3 is 5.69 Å². The van der Waals surface area contributed by atoms with Gasteiger partial charge in [0.15, 0.2) is 0 Å². The Kier molecular flexibility index (Phi) is 2.50. The monoisotopic (exact) mass is 264 g/mol. The van der Waals surface area contributed by atoms with E-state index in [1.807, 2.05) is 0 Å². The Hall–Kier alpha value is -0.970. The van der Waals surface area contributed by atoms with Crippen LogP contribution in [0.15, 0.2) is 15.7 Å². The maximum absolute atomic E-state index is 11.4. The first-order valence-corrected chi connectivity index (χ1v) is 4.94. The lowest BCUT2D eigenvalue weighted by atomic mass is 10.2. The van der Waals surface area contributed by atoms with E-state index in [0.29, 0.717) is 0 Å². The van der Waals surface area contributed by atoms with Crippen LogP contribution in [0.5, 0.6) is 0 Å². The molecule has 2 rings (SSSR count). The van der Waals surface area contributed by atoms with Crippen LogP contribution in [0.1, 0.15) is 0 Å². The molecule has 7 heteroatoms. The van der Waals surface area contributed by atoms with Crippen molar-refractivity contribution in [3.05, 3.63) is 42.0 Å². The second kappa shape index (κ2) is 3.56. The number of aromatic amines is 2. The molecule has 0 aliphatic carbocycles. The Labute approximate surface area is 97.8 Å². The highest BCUT2D eigenvalue weighted by atomic mass is 35.5. The van der Waals surface area contributed by atoms with Crippen LogP contribution in [0.2, 0.25) is 15.1 Å². The molecular weight excluding hydrogens is 262 g/mol. The molecule has 1 aromatic heterocycles. The molecule has 0 bridgehead atoms. The highest BCUT2D eigenvalue weighted by molar-refractivity contribution is 6.50. The highest BCUT2D eigenvalue weighted by Crippen LogP contribution is 2.33. The molecule has 0 unspecified atom stereocenters. The lowest BCUT2D eigenvalue weighted by molar-refractivity contribution is 1.08. The van der Waals surface area contributed by atoms with Crippen LogP contribution in [0, 0.1) is 0 Å². The van der Waals surface area contributed by atoms with Crippen molar-refractivity contribution >= 4 is 45.7 Å². The predicted octanol–water partition coefficient (Wildman–Crippen LogP) is 2.18. The van der Waals surface area contributed by atoms with Crippen molar-refractivity contribution in [3.8, 4) is 0 Å². The summed E-state index contributed by atoms with van der Waals surface area (Å²) in [6, 6.07) is 1.35. The number of hydrogen-bond donors (Lipinski definition) is 2. The van der Waals surface area contributed by atoms with Gasteiger partial charge in [-0.2, -0.15) is 0 Å². The van der Waals surface area contributed by atoms with Gasteiger partial charge in [0, 0.05) is 0 Å². The van der Waals surface area contributed by atoms with Crippen molar-refractivity contribution in [1.82, 2.24) is 9.97 Å². The van der Waals surface area contributed by atoms with Gasteiger partial charge in [0.1, 0.15) is 0 Å². The van der Waals surface area contributed by atoms with Crippen LogP contribution in [-0.2, 0) is 0 Å². The molecule has 0 aliphatic heterocycles. The molecule has 0 fully saturated rings. The van der Waals surface area contributed by atoms with Gasteiger partial charge in [-0.1, -0.05) is 34.8 Å². The van der Waals surface area contributed by atoms with E-state index in [1.165, 1.54) is 6.07 Å². The van der Waals surface area contributed by atoms with Gasteiger partial charge in [-0.15, -0.1) is 0 Å². The quantitative estimate of drug-likeness (QED) is 0.717. The van der Waals surface area contributed by atoms with E-state index in [9.17, 15) is 9.59 Å². The molecule has 1 heterocycles. The molecule has 0 saturated heterocycles. The summed E-state index contributed by atoms with van der Waals surface area (Å²) in [5, 5.41) is 0.509. The van der Waals surface area contributed by atoms with Crippen molar-refractivity contribution in [2.75, 3.05) is 0 Å². The van der Waals surface area contributed by atoms with Gasteiger partial charge in [-0.05, 0) is 6.07 Å². The maximum Gasteiger partial charge on any atom is 0.326 e. The van der Waals surface area contributed by atoms with Gasteiger partial charge in [0.05, 0.1) is 26.0 Å². The molecule has 4 nitrogen and oxygen atoms in total. The normalized spacial score (nSPS) is 10.9. The molecule has 2 aromatic rings. The zero-order chi connectivity index (χ0) is 11.2. The van der Waals surface area contributed by atoms with E-state index in [4.69, 9.17) is 34.8 Å². The van der Waals surface area contributed by atoms with Gasteiger partial charge in [0.2, 0.25) is 0 Å². The number of halogens is 3. The fraction of sp³-hybridized carbons (Fsp3) is 0. The van der Waals surface area contributed by atoms with Crippen LogP contribution in [0.4, 0.5) is 0 Å². The van der Waals surface area contributed by atoms with E-state index in [2.05, 4.69) is 9.97 Å². The number of benzene rings is 1. The van der Waals surface area contributed by atoms with E-state index < -0.39 is 11.2 Å². The standard InChI is InChI=1S/C8H3Cl3N2O2/c9-3-1-2-6(5(11)4(3)10)12-8(15)13-7(2)14/h1H,(H2,12,13,14,15). The minimum Gasteiger partial charge on any atom is -0.305 e. The maximum atomic E-state index is 11.4. The van der Waals surface area contributed by atoms with Crippen LogP contribution in [0.25, 0.3) is 10.9 Å².